The minimum absolute atomic E-state index is 0.250. The van der Waals surface area contributed by atoms with Gasteiger partial charge in [-0.2, -0.15) is 0 Å². The van der Waals surface area contributed by atoms with Crippen molar-refractivity contribution in [3.8, 4) is 0 Å². The number of H-pyrrole nitrogens is 1. The van der Waals surface area contributed by atoms with E-state index in [0.717, 1.165) is 42.5 Å². The highest BCUT2D eigenvalue weighted by Crippen LogP contribution is 2.34. The van der Waals surface area contributed by atoms with E-state index in [1.54, 1.807) is 36.5 Å². The van der Waals surface area contributed by atoms with Gasteiger partial charge in [0.05, 0.1) is 5.56 Å². The van der Waals surface area contributed by atoms with E-state index < -0.39 is 0 Å². The van der Waals surface area contributed by atoms with Gasteiger partial charge in [-0.05, 0) is 93.0 Å². The summed E-state index contributed by atoms with van der Waals surface area (Å²) in [6.07, 6.45) is 7.23. The van der Waals surface area contributed by atoms with E-state index in [2.05, 4.69) is 44.8 Å². The third-order valence-corrected chi connectivity index (χ3v) is 6.69. The molecule has 8 nitrogen and oxygen atoms in total. The van der Waals surface area contributed by atoms with Crippen molar-refractivity contribution in [1.82, 2.24) is 14.9 Å². The standard InChI is InChI=1S/C27H29N7O/c1-34-11-8-17(9-12-34)23-16-31-25-7-6-19(13-22(23)25)33-27(35)21-3-2-10-30-26(21)32-20-5-4-18(15-28)24(29)14-20/h2-7,10,13-17,28,31H,8-9,11-12,29H2,1H3,(H,30,32)(H,33,35). The van der Waals surface area contributed by atoms with Crippen molar-refractivity contribution in [3.05, 3.63) is 77.6 Å². The lowest BCUT2D eigenvalue weighted by atomic mass is 9.89. The number of hydrogen-bond acceptors (Lipinski definition) is 6. The number of amides is 1. The number of likely N-dealkylation sites (tertiary alicyclic amines) is 1. The first kappa shape index (κ1) is 22.6. The van der Waals surface area contributed by atoms with Gasteiger partial charge in [-0.15, -0.1) is 0 Å². The second kappa shape index (κ2) is 9.60. The van der Waals surface area contributed by atoms with Crippen molar-refractivity contribution in [2.75, 3.05) is 36.5 Å². The maximum atomic E-state index is 13.2. The minimum Gasteiger partial charge on any atom is -0.398 e. The van der Waals surface area contributed by atoms with Gasteiger partial charge in [0, 0.05) is 52.1 Å². The monoisotopic (exact) mass is 467 g/mol. The highest BCUT2D eigenvalue weighted by Gasteiger charge is 2.21. The van der Waals surface area contributed by atoms with E-state index in [1.807, 2.05) is 12.1 Å². The van der Waals surface area contributed by atoms with Gasteiger partial charge in [0.2, 0.25) is 0 Å². The Balaban J connectivity index is 1.37. The van der Waals surface area contributed by atoms with Crippen LogP contribution < -0.4 is 16.4 Å². The number of aromatic nitrogens is 2. The third-order valence-electron chi connectivity index (χ3n) is 6.69. The zero-order chi connectivity index (χ0) is 24.4. The van der Waals surface area contributed by atoms with Crippen molar-refractivity contribution in [2.45, 2.75) is 18.8 Å². The van der Waals surface area contributed by atoms with E-state index >= 15 is 0 Å². The number of benzene rings is 2. The molecule has 178 valence electrons. The van der Waals surface area contributed by atoms with E-state index in [9.17, 15) is 4.79 Å². The van der Waals surface area contributed by atoms with E-state index in [0.29, 0.717) is 34.2 Å². The largest absolute Gasteiger partial charge is 0.398 e. The van der Waals surface area contributed by atoms with Crippen LogP contribution in [-0.4, -0.2) is 47.1 Å². The Morgan fingerprint density at radius 1 is 1.17 bits per heavy atom. The fourth-order valence-electron chi connectivity index (χ4n) is 4.68. The van der Waals surface area contributed by atoms with Crippen molar-refractivity contribution in [1.29, 1.82) is 5.41 Å². The first-order chi connectivity index (χ1) is 17.0. The first-order valence-corrected chi connectivity index (χ1v) is 11.7. The summed E-state index contributed by atoms with van der Waals surface area (Å²) in [5, 5.41) is 14.8. The van der Waals surface area contributed by atoms with Gasteiger partial charge in [-0.3, -0.25) is 4.79 Å². The van der Waals surface area contributed by atoms with Crippen LogP contribution in [0.25, 0.3) is 10.9 Å². The van der Waals surface area contributed by atoms with Crippen LogP contribution in [0.15, 0.2) is 60.9 Å². The van der Waals surface area contributed by atoms with Gasteiger partial charge in [-0.1, -0.05) is 0 Å². The number of rotatable bonds is 6. The van der Waals surface area contributed by atoms with Gasteiger partial charge in [0.15, 0.2) is 0 Å². The molecule has 8 heteroatoms. The van der Waals surface area contributed by atoms with Crippen molar-refractivity contribution in [2.24, 2.45) is 0 Å². The molecular weight excluding hydrogens is 438 g/mol. The zero-order valence-electron chi connectivity index (χ0n) is 19.6. The summed E-state index contributed by atoms with van der Waals surface area (Å²) in [4.78, 5) is 23.4. The summed E-state index contributed by atoms with van der Waals surface area (Å²) in [5.41, 5.74) is 11.4. The molecule has 0 spiro atoms. The molecule has 0 bridgehead atoms. The Labute approximate surface area is 204 Å². The predicted molar refractivity (Wildman–Crippen MR) is 142 cm³/mol. The van der Waals surface area contributed by atoms with Crippen LogP contribution in [-0.2, 0) is 0 Å². The molecule has 0 atom stereocenters. The van der Waals surface area contributed by atoms with Crippen LogP contribution in [0.5, 0.6) is 0 Å². The Morgan fingerprint density at radius 2 is 1.97 bits per heavy atom. The predicted octanol–water partition coefficient (Wildman–Crippen LogP) is 4.95. The van der Waals surface area contributed by atoms with Crippen LogP contribution in [0.4, 0.5) is 22.9 Å². The number of nitrogens with two attached hydrogens (primary N) is 1. The zero-order valence-corrected chi connectivity index (χ0v) is 19.6. The van der Waals surface area contributed by atoms with Gasteiger partial charge >= 0.3 is 0 Å². The van der Waals surface area contributed by atoms with Gasteiger partial charge in [0.1, 0.15) is 5.82 Å². The Bertz CT molecular complexity index is 1390. The van der Waals surface area contributed by atoms with Crippen molar-refractivity contribution >= 4 is 45.9 Å². The molecule has 6 N–H and O–H groups in total. The number of nitrogens with zero attached hydrogens (tertiary/aromatic N) is 2. The van der Waals surface area contributed by atoms with Gasteiger partial charge in [0.25, 0.3) is 5.91 Å². The first-order valence-electron chi connectivity index (χ1n) is 11.7. The lowest BCUT2D eigenvalue weighted by molar-refractivity contribution is 0.102. The summed E-state index contributed by atoms with van der Waals surface area (Å²) in [5.74, 6) is 0.702. The normalized spacial score (nSPS) is 14.7. The molecule has 2 aromatic heterocycles. The molecule has 1 fully saturated rings. The molecule has 0 aliphatic carbocycles. The summed E-state index contributed by atoms with van der Waals surface area (Å²) >= 11 is 0. The maximum Gasteiger partial charge on any atom is 0.259 e. The Morgan fingerprint density at radius 3 is 2.74 bits per heavy atom. The van der Waals surface area contributed by atoms with Crippen LogP contribution in [0, 0.1) is 5.41 Å². The molecule has 5 rings (SSSR count). The number of anilines is 4. The molecule has 1 amide bonds. The quantitative estimate of drug-likeness (QED) is 0.203. The lowest BCUT2D eigenvalue weighted by Gasteiger charge is -2.28. The molecule has 1 aliphatic rings. The maximum absolute atomic E-state index is 13.2. The molecule has 0 radical (unpaired) electrons. The molecule has 1 aliphatic heterocycles. The molecular formula is C27H29N7O. The second-order valence-electron chi connectivity index (χ2n) is 9.05. The second-order valence-corrected chi connectivity index (χ2v) is 9.05. The van der Waals surface area contributed by atoms with E-state index in [4.69, 9.17) is 11.1 Å². The van der Waals surface area contributed by atoms with E-state index in [1.165, 1.54) is 11.8 Å². The molecule has 35 heavy (non-hydrogen) atoms. The summed E-state index contributed by atoms with van der Waals surface area (Å²) in [6.45, 7) is 2.20. The molecule has 3 heterocycles. The summed E-state index contributed by atoms with van der Waals surface area (Å²) < 4.78 is 0. The Hall–Kier alpha value is -4.17. The molecule has 1 saturated heterocycles. The number of fused-ring (bicyclic) bond motifs is 1. The van der Waals surface area contributed by atoms with Crippen LogP contribution >= 0.6 is 0 Å². The number of nitrogens with one attached hydrogen (secondary N) is 4. The highest BCUT2D eigenvalue weighted by molar-refractivity contribution is 6.08. The number of piperidine rings is 1. The van der Waals surface area contributed by atoms with E-state index in [-0.39, 0.29) is 5.91 Å². The van der Waals surface area contributed by atoms with Gasteiger partial charge < -0.3 is 31.7 Å². The van der Waals surface area contributed by atoms with Crippen LogP contribution in [0.3, 0.4) is 0 Å². The number of carbonyl (C=O) groups is 1. The van der Waals surface area contributed by atoms with Crippen molar-refractivity contribution < 1.29 is 4.79 Å². The summed E-state index contributed by atoms with van der Waals surface area (Å²) in [7, 11) is 2.17. The van der Waals surface area contributed by atoms with Crippen molar-refractivity contribution in [3.63, 3.8) is 0 Å². The molecule has 0 unspecified atom stereocenters. The average molecular weight is 468 g/mol. The molecule has 4 aromatic rings. The smallest absolute Gasteiger partial charge is 0.259 e. The number of hydrogen-bond donors (Lipinski definition) is 5. The number of nitrogen functional groups attached to an aromatic ring is 1. The summed E-state index contributed by atoms with van der Waals surface area (Å²) in [6, 6.07) is 14.7. The highest BCUT2D eigenvalue weighted by atomic mass is 16.1. The number of aromatic amines is 1. The molecule has 0 saturated carbocycles. The SMILES string of the molecule is CN1CCC(c2c[nH]c3ccc(NC(=O)c4cccnc4Nc4ccc(C=N)c(N)c4)cc23)CC1. The van der Waals surface area contributed by atoms with Crippen LogP contribution in [0.1, 0.15) is 40.2 Å². The fourth-order valence-corrected chi connectivity index (χ4v) is 4.68. The molecule has 2 aromatic carbocycles. The minimum atomic E-state index is -0.250. The fraction of sp³-hybridized carbons (Fsp3) is 0.222. The third kappa shape index (κ3) is 4.74. The van der Waals surface area contributed by atoms with Crippen LogP contribution in [0.2, 0.25) is 0 Å². The number of carbonyl (C=O) groups excluding carboxylic acids is 1. The lowest BCUT2D eigenvalue weighted by Crippen LogP contribution is -2.29. The topological polar surface area (TPSA) is 123 Å². The Kier molecular flexibility index (Phi) is 6.20. The van der Waals surface area contributed by atoms with Gasteiger partial charge in [-0.25, -0.2) is 4.98 Å². The number of pyridine rings is 1. The average Bonchev–Trinajstić information content (AvgIpc) is 3.28.